The van der Waals surface area contributed by atoms with E-state index in [0.717, 1.165) is 0 Å². The van der Waals surface area contributed by atoms with E-state index in [1.807, 2.05) is 6.92 Å². The molecule has 0 spiro atoms. The Labute approximate surface area is 163 Å². The minimum Gasteiger partial charge on any atom is -0.495 e. The van der Waals surface area contributed by atoms with E-state index in [0.29, 0.717) is 24.3 Å². The zero-order valence-corrected chi connectivity index (χ0v) is 16.6. The Bertz CT molecular complexity index is 955. The molecule has 0 atom stereocenters. The molecule has 9 heteroatoms. The molecule has 0 radical (unpaired) electrons. The maximum Gasteiger partial charge on any atom is 0.338 e. The highest BCUT2D eigenvalue weighted by Crippen LogP contribution is 2.28. The molecule has 0 heterocycles. The molecule has 0 bridgehead atoms. The van der Waals surface area contributed by atoms with Gasteiger partial charge in [-0.1, -0.05) is 6.92 Å². The summed E-state index contributed by atoms with van der Waals surface area (Å²) in [6, 6.07) is 10.0. The van der Waals surface area contributed by atoms with Gasteiger partial charge in [0, 0.05) is 18.7 Å². The Kier molecular flexibility index (Phi) is 7.00. The summed E-state index contributed by atoms with van der Waals surface area (Å²) in [5.41, 5.74) is 0.985. The molecule has 0 aliphatic carbocycles. The molecule has 8 nitrogen and oxygen atoms in total. The van der Waals surface area contributed by atoms with Gasteiger partial charge in [0.1, 0.15) is 5.75 Å². The maximum absolute atomic E-state index is 12.6. The van der Waals surface area contributed by atoms with Gasteiger partial charge >= 0.3 is 5.97 Å². The zero-order valence-electron chi connectivity index (χ0n) is 15.8. The van der Waals surface area contributed by atoms with E-state index in [4.69, 9.17) is 9.47 Å². The Morgan fingerprint density at radius 2 is 1.75 bits per heavy atom. The van der Waals surface area contributed by atoms with Crippen molar-refractivity contribution in [1.82, 2.24) is 0 Å². The van der Waals surface area contributed by atoms with Crippen LogP contribution in [-0.2, 0) is 19.6 Å². The second-order valence-electron chi connectivity index (χ2n) is 5.86. The number of sulfonamides is 1. The van der Waals surface area contributed by atoms with Crippen molar-refractivity contribution in [3.63, 3.8) is 0 Å². The molecule has 0 saturated carbocycles. The van der Waals surface area contributed by atoms with Gasteiger partial charge in [-0.05, 0) is 42.8 Å². The molecule has 0 unspecified atom stereocenters. The van der Waals surface area contributed by atoms with Crippen molar-refractivity contribution in [2.45, 2.75) is 25.2 Å². The van der Waals surface area contributed by atoms with Crippen LogP contribution in [0.3, 0.4) is 0 Å². The average Bonchev–Trinajstić information content (AvgIpc) is 2.66. The van der Waals surface area contributed by atoms with E-state index in [-0.39, 0.29) is 22.2 Å². The highest BCUT2D eigenvalue weighted by Gasteiger charge is 2.18. The summed E-state index contributed by atoms with van der Waals surface area (Å²) in [7, 11) is -2.52. The number of hydrogen-bond acceptors (Lipinski definition) is 6. The Hall–Kier alpha value is -3.07. The van der Waals surface area contributed by atoms with Gasteiger partial charge in [-0.25, -0.2) is 13.2 Å². The Morgan fingerprint density at radius 3 is 2.32 bits per heavy atom. The third-order valence-electron chi connectivity index (χ3n) is 3.60. The average molecular weight is 406 g/mol. The van der Waals surface area contributed by atoms with Crippen LogP contribution >= 0.6 is 0 Å². The van der Waals surface area contributed by atoms with Crippen molar-refractivity contribution in [3.05, 3.63) is 48.0 Å². The molecule has 0 aliphatic rings. The number of amides is 1. The van der Waals surface area contributed by atoms with Crippen LogP contribution in [0.2, 0.25) is 0 Å². The molecule has 28 heavy (non-hydrogen) atoms. The van der Waals surface area contributed by atoms with E-state index in [2.05, 4.69) is 10.0 Å². The summed E-state index contributed by atoms with van der Waals surface area (Å²) in [4.78, 5) is 23.0. The highest BCUT2D eigenvalue weighted by molar-refractivity contribution is 7.92. The lowest BCUT2D eigenvalue weighted by molar-refractivity contribution is -0.114. The van der Waals surface area contributed by atoms with Gasteiger partial charge in [0.05, 0.1) is 29.9 Å². The molecule has 2 aromatic carbocycles. The van der Waals surface area contributed by atoms with E-state index in [9.17, 15) is 18.0 Å². The van der Waals surface area contributed by atoms with Gasteiger partial charge in [-0.2, -0.15) is 0 Å². The summed E-state index contributed by atoms with van der Waals surface area (Å²) in [5, 5.41) is 2.56. The predicted molar refractivity (Wildman–Crippen MR) is 105 cm³/mol. The number of benzene rings is 2. The molecule has 2 rings (SSSR count). The molecule has 0 aromatic heterocycles. The first-order valence-electron chi connectivity index (χ1n) is 8.52. The summed E-state index contributed by atoms with van der Waals surface area (Å²) >= 11 is 0. The van der Waals surface area contributed by atoms with Crippen LogP contribution < -0.4 is 14.8 Å². The van der Waals surface area contributed by atoms with Crippen molar-refractivity contribution in [2.75, 3.05) is 23.8 Å². The topological polar surface area (TPSA) is 111 Å². The number of hydrogen-bond donors (Lipinski definition) is 2. The second kappa shape index (κ2) is 9.23. The van der Waals surface area contributed by atoms with Crippen LogP contribution in [0.15, 0.2) is 47.4 Å². The van der Waals surface area contributed by atoms with Crippen molar-refractivity contribution in [1.29, 1.82) is 0 Å². The molecule has 2 aromatic rings. The predicted octanol–water partition coefficient (Wildman–Crippen LogP) is 3.02. The first-order chi connectivity index (χ1) is 13.3. The maximum atomic E-state index is 12.6. The number of methoxy groups -OCH3 is 1. The van der Waals surface area contributed by atoms with Gasteiger partial charge < -0.3 is 14.8 Å². The molecule has 0 fully saturated rings. The molecular formula is C19H22N2O6S. The summed E-state index contributed by atoms with van der Waals surface area (Å²) in [6.45, 7) is 3.56. The number of carbonyl (C=O) groups is 2. The molecule has 150 valence electrons. The summed E-state index contributed by atoms with van der Waals surface area (Å²) in [6.07, 6.45) is 0.716. The van der Waals surface area contributed by atoms with Gasteiger partial charge in [0.25, 0.3) is 10.0 Å². The van der Waals surface area contributed by atoms with Crippen molar-refractivity contribution >= 4 is 33.3 Å². The van der Waals surface area contributed by atoms with Crippen molar-refractivity contribution in [2.24, 2.45) is 0 Å². The van der Waals surface area contributed by atoms with Gasteiger partial charge in [-0.15, -0.1) is 0 Å². The highest BCUT2D eigenvalue weighted by atomic mass is 32.2. The van der Waals surface area contributed by atoms with Crippen LogP contribution in [0, 0.1) is 0 Å². The first kappa shape index (κ1) is 21.2. The number of esters is 1. The first-order valence-corrected chi connectivity index (χ1v) is 10.0. The fourth-order valence-corrected chi connectivity index (χ4v) is 3.37. The van der Waals surface area contributed by atoms with E-state index in [1.165, 1.54) is 56.5 Å². The molecular weight excluding hydrogens is 384 g/mol. The number of anilines is 2. The monoisotopic (exact) mass is 406 g/mol. The SMILES string of the molecule is CCCOC(=O)c1ccc(NS(=O)(=O)c2ccc(NC(C)=O)c(OC)c2)cc1. The van der Waals surface area contributed by atoms with Crippen LogP contribution in [0.25, 0.3) is 0 Å². The zero-order chi connectivity index (χ0) is 20.7. The van der Waals surface area contributed by atoms with Crippen LogP contribution in [-0.4, -0.2) is 34.0 Å². The number of nitrogens with one attached hydrogen (secondary N) is 2. The van der Waals surface area contributed by atoms with E-state index in [1.54, 1.807) is 0 Å². The van der Waals surface area contributed by atoms with Gasteiger partial charge in [0.15, 0.2) is 0 Å². The standard InChI is InChI=1S/C19H22N2O6S/c1-4-11-27-19(23)14-5-7-15(8-6-14)21-28(24,25)16-9-10-17(20-13(2)22)18(12-16)26-3/h5-10,12,21H,4,11H2,1-3H3,(H,20,22). The quantitative estimate of drug-likeness (QED) is 0.652. The minimum absolute atomic E-state index is 0.0371. The summed E-state index contributed by atoms with van der Waals surface area (Å²) < 4.78 is 37.8. The van der Waals surface area contributed by atoms with Gasteiger partial charge in [-0.3, -0.25) is 9.52 Å². The van der Waals surface area contributed by atoms with Crippen LogP contribution in [0.5, 0.6) is 5.75 Å². The smallest absolute Gasteiger partial charge is 0.338 e. The fourth-order valence-electron chi connectivity index (χ4n) is 2.30. The minimum atomic E-state index is -3.90. The van der Waals surface area contributed by atoms with E-state index >= 15 is 0 Å². The third-order valence-corrected chi connectivity index (χ3v) is 4.98. The van der Waals surface area contributed by atoms with Crippen molar-refractivity contribution < 1.29 is 27.5 Å². The second-order valence-corrected chi connectivity index (χ2v) is 7.54. The van der Waals surface area contributed by atoms with Crippen LogP contribution in [0.4, 0.5) is 11.4 Å². The lowest BCUT2D eigenvalue weighted by Gasteiger charge is -2.13. The largest absolute Gasteiger partial charge is 0.495 e. The van der Waals surface area contributed by atoms with Gasteiger partial charge in [0.2, 0.25) is 5.91 Å². The summed E-state index contributed by atoms with van der Waals surface area (Å²) in [5.74, 6) is -0.550. The van der Waals surface area contributed by atoms with E-state index < -0.39 is 16.0 Å². The Balaban J connectivity index is 2.19. The van der Waals surface area contributed by atoms with Crippen LogP contribution in [0.1, 0.15) is 30.6 Å². The molecule has 0 aliphatic heterocycles. The molecule has 2 N–H and O–H groups in total. The van der Waals surface area contributed by atoms with Crippen molar-refractivity contribution in [3.8, 4) is 5.75 Å². The number of ether oxygens (including phenoxy) is 2. The number of carbonyl (C=O) groups excluding carboxylic acids is 2. The molecule has 1 amide bonds. The third kappa shape index (κ3) is 5.46. The normalized spacial score (nSPS) is 10.8. The fraction of sp³-hybridized carbons (Fsp3) is 0.263. The lowest BCUT2D eigenvalue weighted by Crippen LogP contribution is -2.14. The Morgan fingerprint density at radius 1 is 1.07 bits per heavy atom. The molecule has 0 saturated heterocycles. The lowest BCUT2D eigenvalue weighted by atomic mass is 10.2. The number of rotatable bonds is 8.